The van der Waals surface area contributed by atoms with E-state index >= 15 is 0 Å². The van der Waals surface area contributed by atoms with Gasteiger partial charge in [0.1, 0.15) is 6.61 Å². The van der Waals surface area contributed by atoms with Crippen LogP contribution >= 0.6 is 34.2 Å². The largest absolute Gasteiger partial charge is 0.493 e. The quantitative estimate of drug-likeness (QED) is 0.279. The lowest BCUT2D eigenvalue weighted by Crippen LogP contribution is -2.32. The molecule has 0 aliphatic heterocycles. The van der Waals surface area contributed by atoms with Crippen LogP contribution in [0.15, 0.2) is 75.4 Å². The molecule has 3 aromatic carbocycles. The SMILES string of the molecule is COc1cc(C=Nn2c(=O)[nH]c3ccccc3c2=O)cc(I)c1OCc1ccccc1Cl. The summed E-state index contributed by atoms with van der Waals surface area (Å²) in [5.74, 6) is 1.05. The number of para-hydroxylation sites is 1. The molecular formula is C23H17ClIN3O4. The van der Waals surface area contributed by atoms with Gasteiger partial charge in [-0.25, -0.2) is 4.79 Å². The maximum absolute atomic E-state index is 12.6. The number of rotatable bonds is 6. The molecule has 162 valence electrons. The number of hydrogen-bond acceptors (Lipinski definition) is 5. The highest BCUT2D eigenvalue weighted by molar-refractivity contribution is 14.1. The van der Waals surface area contributed by atoms with Gasteiger partial charge in [-0.2, -0.15) is 5.10 Å². The molecule has 0 saturated carbocycles. The van der Waals surface area contributed by atoms with Crippen molar-refractivity contribution in [3.05, 3.63) is 101 Å². The van der Waals surface area contributed by atoms with Gasteiger partial charge in [-0.05, 0) is 58.5 Å². The number of fused-ring (bicyclic) bond motifs is 1. The average molecular weight is 562 g/mol. The van der Waals surface area contributed by atoms with Crippen molar-refractivity contribution in [2.45, 2.75) is 6.61 Å². The first-order chi connectivity index (χ1) is 15.5. The molecule has 4 aromatic rings. The lowest BCUT2D eigenvalue weighted by atomic mass is 10.2. The predicted octanol–water partition coefficient (Wildman–Crippen LogP) is 4.42. The number of aromatic nitrogens is 2. The van der Waals surface area contributed by atoms with E-state index in [2.05, 4.69) is 32.7 Å². The van der Waals surface area contributed by atoms with E-state index in [0.29, 0.717) is 33.0 Å². The average Bonchev–Trinajstić information content (AvgIpc) is 2.79. The minimum absolute atomic E-state index is 0.279. The summed E-state index contributed by atoms with van der Waals surface area (Å²) >= 11 is 8.33. The fourth-order valence-corrected chi connectivity index (χ4v) is 4.07. The maximum atomic E-state index is 12.6. The van der Waals surface area contributed by atoms with Crippen LogP contribution in [0.2, 0.25) is 5.02 Å². The fraction of sp³-hybridized carbons (Fsp3) is 0.0870. The van der Waals surface area contributed by atoms with E-state index in [1.807, 2.05) is 24.3 Å². The molecule has 0 amide bonds. The van der Waals surface area contributed by atoms with E-state index in [1.165, 1.54) is 13.3 Å². The number of ether oxygens (including phenoxy) is 2. The monoisotopic (exact) mass is 561 g/mol. The number of H-pyrrole nitrogens is 1. The molecule has 0 aliphatic rings. The van der Waals surface area contributed by atoms with Crippen molar-refractivity contribution in [3.8, 4) is 11.5 Å². The maximum Gasteiger partial charge on any atom is 0.349 e. The van der Waals surface area contributed by atoms with Crippen molar-refractivity contribution >= 4 is 51.3 Å². The topological polar surface area (TPSA) is 85.7 Å². The molecule has 0 saturated heterocycles. The van der Waals surface area contributed by atoms with Gasteiger partial charge in [0.15, 0.2) is 11.5 Å². The van der Waals surface area contributed by atoms with Gasteiger partial charge in [0.25, 0.3) is 5.56 Å². The van der Waals surface area contributed by atoms with Crippen LogP contribution in [0, 0.1) is 3.57 Å². The Bertz CT molecular complexity index is 1450. The number of nitrogens with zero attached hydrogens (tertiary/aromatic N) is 2. The third-order valence-corrected chi connectivity index (χ3v) is 5.86. The van der Waals surface area contributed by atoms with Crippen molar-refractivity contribution in [1.82, 2.24) is 9.66 Å². The van der Waals surface area contributed by atoms with Gasteiger partial charge in [0, 0.05) is 10.6 Å². The molecule has 4 rings (SSSR count). The first-order valence-corrected chi connectivity index (χ1v) is 11.0. The number of hydrogen-bond donors (Lipinski definition) is 1. The molecule has 0 spiro atoms. The second-order valence-corrected chi connectivity index (χ2v) is 8.32. The summed E-state index contributed by atoms with van der Waals surface area (Å²) in [5, 5.41) is 5.09. The second-order valence-electron chi connectivity index (χ2n) is 6.75. The van der Waals surface area contributed by atoms with Gasteiger partial charge in [0.2, 0.25) is 0 Å². The van der Waals surface area contributed by atoms with Crippen LogP contribution in [0.4, 0.5) is 0 Å². The Morgan fingerprint density at radius 3 is 2.66 bits per heavy atom. The summed E-state index contributed by atoms with van der Waals surface area (Å²) in [6.07, 6.45) is 1.42. The highest BCUT2D eigenvalue weighted by Crippen LogP contribution is 2.34. The van der Waals surface area contributed by atoms with Gasteiger partial charge < -0.3 is 14.5 Å². The Labute approximate surface area is 201 Å². The number of methoxy groups -OCH3 is 1. The lowest BCUT2D eigenvalue weighted by Gasteiger charge is -2.14. The molecule has 0 radical (unpaired) electrons. The molecule has 0 aliphatic carbocycles. The fourth-order valence-electron chi connectivity index (χ4n) is 3.10. The highest BCUT2D eigenvalue weighted by Gasteiger charge is 2.13. The van der Waals surface area contributed by atoms with Crippen molar-refractivity contribution in [1.29, 1.82) is 0 Å². The normalized spacial score (nSPS) is 11.2. The molecular weight excluding hydrogens is 545 g/mol. The third kappa shape index (κ3) is 4.56. The predicted molar refractivity (Wildman–Crippen MR) is 133 cm³/mol. The Balaban J connectivity index is 1.64. The molecule has 1 aromatic heterocycles. The summed E-state index contributed by atoms with van der Waals surface area (Å²) in [4.78, 5) is 27.6. The standard InChI is InChI=1S/C23H17ClIN3O4/c1-31-20-11-14(10-18(25)21(20)32-13-15-6-2-4-8-17(15)24)12-26-28-22(29)16-7-3-5-9-19(16)27-23(28)30/h2-12H,13H2,1H3,(H,27,30). The van der Waals surface area contributed by atoms with Crippen molar-refractivity contribution in [3.63, 3.8) is 0 Å². The Kier molecular flexibility index (Phi) is 6.61. The summed E-state index contributed by atoms with van der Waals surface area (Å²) in [5.41, 5.74) is 0.835. The first-order valence-electron chi connectivity index (χ1n) is 9.50. The Hall–Kier alpha value is -3.11. The van der Waals surface area contributed by atoms with Crippen molar-refractivity contribution in [2.24, 2.45) is 5.10 Å². The second kappa shape index (κ2) is 9.58. The van der Waals surface area contributed by atoms with Crippen LogP contribution in [-0.2, 0) is 6.61 Å². The summed E-state index contributed by atoms with van der Waals surface area (Å²) in [6, 6.07) is 17.7. The van der Waals surface area contributed by atoms with Crippen LogP contribution in [0.3, 0.4) is 0 Å². The van der Waals surface area contributed by atoms with Crippen LogP contribution < -0.4 is 20.7 Å². The van der Waals surface area contributed by atoms with Gasteiger partial charge in [-0.15, -0.1) is 4.68 Å². The minimum Gasteiger partial charge on any atom is -0.493 e. The van der Waals surface area contributed by atoms with Gasteiger partial charge >= 0.3 is 5.69 Å². The van der Waals surface area contributed by atoms with E-state index in [-0.39, 0.29) is 6.61 Å². The molecule has 9 heteroatoms. The van der Waals surface area contributed by atoms with Gasteiger partial charge in [-0.3, -0.25) is 4.79 Å². The molecule has 0 bridgehead atoms. The van der Waals surface area contributed by atoms with Crippen molar-refractivity contribution < 1.29 is 9.47 Å². The summed E-state index contributed by atoms with van der Waals surface area (Å²) < 4.78 is 13.0. The van der Waals surface area contributed by atoms with E-state index in [1.54, 1.807) is 36.4 Å². The Morgan fingerprint density at radius 2 is 1.88 bits per heavy atom. The molecule has 0 unspecified atom stereocenters. The van der Waals surface area contributed by atoms with E-state index in [9.17, 15) is 9.59 Å². The van der Waals surface area contributed by atoms with Crippen molar-refractivity contribution in [2.75, 3.05) is 7.11 Å². The van der Waals surface area contributed by atoms with Crippen LogP contribution in [0.25, 0.3) is 10.9 Å². The number of nitrogens with one attached hydrogen (secondary N) is 1. The Morgan fingerprint density at radius 1 is 1.12 bits per heavy atom. The molecule has 0 fully saturated rings. The minimum atomic E-state index is -0.619. The highest BCUT2D eigenvalue weighted by atomic mass is 127. The van der Waals surface area contributed by atoms with E-state index in [0.717, 1.165) is 13.8 Å². The molecule has 0 atom stereocenters. The molecule has 7 nitrogen and oxygen atoms in total. The van der Waals surface area contributed by atoms with Crippen LogP contribution in [0.5, 0.6) is 11.5 Å². The summed E-state index contributed by atoms with van der Waals surface area (Å²) in [7, 11) is 1.53. The van der Waals surface area contributed by atoms with Gasteiger partial charge in [0.05, 0.1) is 27.8 Å². The number of benzene rings is 3. The number of aromatic amines is 1. The smallest absolute Gasteiger partial charge is 0.349 e. The van der Waals surface area contributed by atoms with Crippen LogP contribution in [0.1, 0.15) is 11.1 Å². The lowest BCUT2D eigenvalue weighted by molar-refractivity contribution is 0.282. The van der Waals surface area contributed by atoms with Crippen LogP contribution in [-0.4, -0.2) is 23.0 Å². The summed E-state index contributed by atoms with van der Waals surface area (Å²) in [6.45, 7) is 0.279. The zero-order valence-electron chi connectivity index (χ0n) is 16.8. The third-order valence-electron chi connectivity index (χ3n) is 4.69. The van der Waals surface area contributed by atoms with E-state index < -0.39 is 11.2 Å². The molecule has 1 heterocycles. The zero-order valence-corrected chi connectivity index (χ0v) is 19.8. The molecule has 1 N–H and O–H groups in total. The first kappa shape index (κ1) is 22.1. The van der Waals surface area contributed by atoms with Gasteiger partial charge in [-0.1, -0.05) is 41.9 Å². The zero-order chi connectivity index (χ0) is 22.7. The number of halogens is 2. The molecule has 32 heavy (non-hydrogen) atoms. The van der Waals surface area contributed by atoms with E-state index in [4.69, 9.17) is 21.1 Å².